The van der Waals surface area contributed by atoms with Crippen LogP contribution in [0.1, 0.15) is 45.2 Å². The van der Waals surface area contributed by atoms with E-state index < -0.39 is 11.9 Å². The van der Waals surface area contributed by atoms with Crippen LogP contribution in [0.4, 0.5) is 0 Å². The maximum atomic E-state index is 12.0. The van der Waals surface area contributed by atoms with Gasteiger partial charge in [0.25, 0.3) is 5.91 Å². The Morgan fingerprint density at radius 1 is 1.53 bits per heavy atom. The second-order valence-electron chi connectivity index (χ2n) is 3.95. The molecule has 0 spiro atoms. The summed E-state index contributed by atoms with van der Waals surface area (Å²) in [6, 6.07) is 5.00. The van der Waals surface area contributed by atoms with Crippen LogP contribution in [0.15, 0.2) is 34.3 Å². The van der Waals surface area contributed by atoms with Crippen molar-refractivity contribution in [1.29, 1.82) is 0 Å². The second-order valence-corrected chi connectivity index (χ2v) is 4.93. The van der Waals surface area contributed by atoms with Crippen molar-refractivity contribution in [1.82, 2.24) is 5.32 Å². The summed E-state index contributed by atoms with van der Waals surface area (Å²) in [6.07, 6.45) is 1.81. The van der Waals surface area contributed by atoms with Gasteiger partial charge in [-0.15, -0.1) is 11.3 Å². The maximum Gasteiger partial charge on any atom is 0.338 e. The number of carboxylic acids is 1. The van der Waals surface area contributed by atoms with Crippen molar-refractivity contribution >= 4 is 23.2 Å². The molecule has 0 aliphatic rings. The zero-order valence-corrected chi connectivity index (χ0v) is 11.1. The molecule has 2 aromatic heterocycles. The molecule has 2 heterocycles. The average Bonchev–Trinajstić information content (AvgIpc) is 3.05. The summed E-state index contributed by atoms with van der Waals surface area (Å²) in [7, 11) is 0. The molecule has 1 amide bonds. The number of aromatic carboxylic acids is 1. The monoisotopic (exact) mass is 279 g/mol. The lowest BCUT2D eigenvalue weighted by Crippen LogP contribution is -2.27. The lowest BCUT2D eigenvalue weighted by Gasteiger charge is -2.14. The van der Waals surface area contributed by atoms with Crippen LogP contribution in [0.5, 0.6) is 0 Å². The van der Waals surface area contributed by atoms with Gasteiger partial charge in [0.2, 0.25) is 0 Å². The molecule has 2 N–H and O–H groups in total. The van der Waals surface area contributed by atoms with Crippen LogP contribution in [-0.4, -0.2) is 17.0 Å². The van der Waals surface area contributed by atoms with Gasteiger partial charge in [-0.2, -0.15) is 0 Å². The Labute approximate surface area is 113 Å². The van der Waals surface area contributed by atoms with Gasteiger partial charge in [-0.3, -0.25) is 4.79 Å². The number of hydrogen-bond donors (Lipinski definition) is 2. The lowest BCUT2D eigenvalue weighted by atomic mass is 10.2. The third kappa shape index (κ3) is 3.03. The zero-order chi connectivity index (χ0) is 13.8. The molecular weight excluding hydrogens is 266 g/mol. The Balaban J connectivity index is 2.09. The molecule has 6 heteroatoms. The minimum atomic E-state index is -1.12. The second kappa shape index (κ2) is 5.71. The standard InChI is InChI=1S/C13H13NO4S/c1-2-9(11-4-3-5-19-11)14-12(15)10-6-8(7-18-10)13(16)17/h3-7,9H,2H2,1H3,(H,14,15)(H,16,17)/t9-/m0/s1. The van der Waals surface area contributed by atoms with Gasteiger partial charge in [0.1, 0.15) is 6.26 Å². The summed E-state index contributed by atoms with van der Waals surface area (Å²) in [5.74, 6) is -1.52. The van der Waals surface area contributed by atoms with E-state index in [0.717, 1.165) is 17.6 Å². The van der Waals surface area contributed by atoms with Crippen molar-refractivity contribution in [3.05, 3.63) is 46.0 Å². The number of carboxylic acid groups (broad SMARTS) is 1. The predicted molar refractivity (Wildman–Crippen MR) is 70.5 cm³/mol. The summed E-state index contributed by atoms with van der Waals surface area (Å²) in [5, 5.41) is 13.5. The quantitative estimate of drug-likeness (QED) is 0.882. The third-order valence-electron chi connectivity index (χ3n) is 2.67. The average molecular weight is 279 g/mol. The third-order valence-corrected chi connectivity index (χ3v) is 3.66. The number of thiophene rings is 1. The Morgan fingerprint density at radius 2 is 2.32 bits per heavy atom. The minimum absolute atomic E-state index is 0.00686. The SMILES string of the molecule is CC[C@H](NC(=O)c1cc(C(=O)O)co1)c1cccs1. The van der Waals surface area contributed by atoms with Crippen LogP contribution < -0.4 is 5.32 Å². The van der Waals surface area contributed by atoms with E-state index in [9.17, 15) is 9.59 Å². The van der Waals surface area contributed by atoms with Gasteiger partial charge < -0.3 is 14.8 Å². The van der Waals surface area contributed by atoms with Crippen LogP contribution in [0.2, 0.25) is 0 Å². The van der Waals surface area contributed by atoms with E-state index in [4.69, 9.17) is 9.52 Å². The number of carbonyl (C=O) groups is 2. The lowest BCUT2D eigenvalue weighted by molar-refractivity contribution is 0.0695. The fourth-order valence-electron chi connectivity index (χ4n) is 1.66. The highest BCUT2D eigenvalue weighted by Crippen LogP contribution is 2.22. The van der Waals surface area contributed by atoms with Crippen LogP contribution in [0, 0.1) is 0 Å². The first-order chi connectivity index (χ1) is 9.11. The van der Waals surface area contributed by atoms with Crippen molar-refractivity contribution < 1.29 is 19.1 Å². The molecule has 0 fully saturated rings. The van der Waals surface area contributed by atoms with Crippen molar-refractivity contribution in [2.24, 2.45) is 0 Å². The van der Waals surface area contributed by atoms with E-state index in [0.29, 0.717) is 0 Å². The fourth-order valence-corrected chi connectivity index (χ4v) is 2.52. The van der Waals surface area contributed by atoms with Crippen molar-refractivity contribution in [2.75, 3.05) is 0 Å². The Kier molecular flexibility index (Phi) is 4.01. The number of hydrogen-bond acceptors (Lipinski definition) is 4. The molecule has 1 atom stereocenters. The van der Waals surface area contributed by atoms with Gasteiger partial charge in [-0.1, -0.05) is 13.0 Å². The first-order valence-electron chi connectivity index (χ1n) is 5.78. The Morgan fingerprint density at radius 3 is 2.84 bits per heavy atom. The van der Waals surface area contributed by atoms with Gasteiger partial charge >= 0.3 is 5.97 Å². The summed E-state index contributed by atoms with van der Waals surface area (Å²) in [5.41, 5.74) is -0.0330. The van der Waals surface area contributed by atoms with Gasteiger partial charge in [0.15, 0.2) is 5.76 Å². The molecule has 0 saturated heterocycles. The predicted octanol–water partition coefficient (Wildman–Crippen LogP) is 2.92. The molecular formula is C13H13NO4S. The fraction of sp³-hybridized carbons (Fsp3) is 0.231. The summed E-state index contributed by atoms with van der Waals surface area (Å²) < 4.78 is 4.96. The van der Waals surface area contributed by atoms with Gasteiger partial charge in [0.05, 0.1) is 11.6 Å². The van der Waals surface area contributed by atoms with E-state index in [1.807, 2.05) is 24.4 Å². The Bertz CT molecular complexity index is 573. The molecule has 100 valence electrons. The van der Waals surface area contributed by atoms with E-state index in [1.165, 1.54) is 6.07 Å². The highest BCUT2D eigenvalue weighted by atomic mass is 32.1. The zero-order valence-electron chi connectivity index (χ0n) is 10.3. The molecule has 2 aromatic rings. The summed E-state index contributed by atoms with van der Waals surface area (Å²) in [6.45, 7) is 1.97. The van der Waals surface area contributed by atoms with Crippen LogP contribution >= 0.6 is 11.3 Å². The molecule has 0 unspecified atom stereocenters. The van der Waals surface area contributed by atoms with E-state index >= 15 is 0 Å². The normalized spacial score (nSPS) is 12.1. The van der Waals surface area contributed by atoms with Crippen LogP contribution in [0.25, 0.3) is 0 Å². The maximum absolute atomic E-state index is 12.0. The molecule has 0 aromatic carbocycles. The highest BCUT2D eigenvalue weighted by molar-refractivity contribution is 7.10. The molecule has 0 saturated carbocycles. The molecule has 2 rings (SSSR count). The molecule has 0 radical (unpaired) electrons. The molecule has 19 heavy (non-hydrogen) atoms. The summed E-state index contributed by atoms with van der Waals surface area (Å²) in [4.78, 5) is 23.7. The number of carbonyl (C=O) groups excluding carboxylic acids is 1. The molecule has 0 aliphatic carbocycles. The number of nitrogens with one attached hydrogen (secondary N) is 1. The highest BCUT2D eigenvalue weighted by Gasteiger charge is 2.19. The van der Waals surface area contributed by atoms with E-state index in [-0.39, 0.29) is 17.4 Å². The van der Waals surface area contributed by atoms with E-state index in [2.05, 4.69) is 5.32 Å². The molecule has 5 nitrogen and oxygen atoms in total. The Hall–Kier alpha value is -2.08. The van der Waals surface area contributed by atoms with Gasteiger partial charge in [-0.05, 0) is 17.9 Å². The number of rotatable bonds is 5. The summed E-state index contributed by atoms with van der Waals surface area (Å²) >= 11 is 1.56. The van der Waals surface area contributed by atoms with Crippen molar-refractivity contribution in [3.63, 3.8) is 0 Å². The molecule has 0 bridgehead atoms. The topological polar surface area (TPSA) is 79.5 Å². The minimum Gasteiger partial charge on any atom is -0.478 e. The largest absolute Gasteiger partial charge is 0.478 e. The van der Waals surface area contributed by atoms with Crippen LogP contribution in [0.3, 0.4) is 0 Å². The number of furan rings is 1. The van der Waals surface area contributed by atoms with Crippen LogP contribution in [-0.2, 0) is 0 Å². The van der Waals surface area contributed by atoms with Gasteiger partial charge in [0, 0.05) is 10.9 Å². The smallest absolute Gasteiger partial charge is 0.338 e. The van der Waals surface area contributed by atoms with Gasteiger partial charge in [-0.25, -0.2) is 4.79 Å². The number of amides is 1. The first-order valence-corrected chi connectivity index (χ1v) is 6.66. The van der Waals surface area contributed by atoms with Crippen molar-refractivity contribution in [3.8, 4) is 0 Å². The van der Waals surface area contributed by atoms with Crippen molar-refractivity contribution in [2.45, 2.75) is 19.4 Å². The van der Waals surface area contributed by atoms with E-state index in [1.54, 1.807) is 11.3 Å². The first kappa shape index (κ1) is 13.4. The molecule has 0 aliphatic heterocycles.